The molecule has 0 aliphatic carbocycles. The van der Waals surface area contributed by atoms with Crippen molar-refractivity contribution in [1.82, 2.24) is 0 Å². The molecule has 0 saturated carbocycles. The highest BCUT2D eigenvalue weighted by Gasteiger charge is 2.26. The molecule has 0 spiro atoms. The summed E-state index contributed by atoms with van der Waals surface area (Å²) in [7, 11) is 0. The highest BCUT2D eigenvalue weighted by Crippen LogP contribution is 2.28. The number of carbonyl (C=O) groups is 1. The highest BCUT2D eigenvalue weighted by atomic mass is 16.6. The average Bonchev–Trinajstić information content (AvgIpc) is 2.52. The van der Waals surface area contributed by atoms with Crippen molar-refractivity contribution in [3.63, 3.8) is 0 Å². The van der Waals surface area contributed by atoms with Gasteiger partial charge >= 0.3 is 6.09 Å². The molecule has 23 heavy (non-hydrogen) atoms. The molecular weight excluding hydrogens is 286 g/mol. The molecule has 2 rings (SSSR count). The maximum atomic E-state index is 12.8. The Balaban J connectivity index is 2.47. The fourth-order valence-corrected chi connectivity index (χ4v) is 2.26. The van der Waals surface area contributed by atoms with Gasteiger partial charge in [-0.1, -0.05) is 54.6 Å². The number of anilines is 1. The minimum absolute atomic E-state index is 0.388. The Kier molecular flexibility index (Phi) is 5.22. The summed E-state index contributed by atoms with van der Waals surface area (Å²) in [5.41, 5.74) is 1.98. The van der Waals surface area contributed by atoms with Crippen LogP contribution in [0.1, 0.15) is 33.3 Å². The van der Waals surface area contributed by atoms with Crippen LogP contribution in [0.3, 0.4) is 0 Å². The third-order valence-electron chi connectivity index (χ3n) is 3.17. The molecule has 0 N–H and O–H groups in total. The summed E-state index contributed by atoms with van der Waals surface area (Å²) >= 11 is 0. The van der Waals surface area contributed by atoms with Crippen LogP contribution in [0.15, 0.2) is 66.7 Å². The van der Waals surface area contributed by atoms with E-state index in [9.17, 15) is 4.79 Å². The number of nitrogens with zero attached hydrogens (tertiary/aromatic N) is 1. The van der Waals surface area contributed by atoms with Crippen molar-refractivity contribution >= 4 is 17.5 Å². The summed E-state index contributed by atoms with van der Waals surface area (Å²) in [6.45, 7) is 7.52. The quantitative estimate of drug-likeness (QED) is 0.750. The molecule has 3 heteroatoms. The van der Waals surface area contributed by atoms with Gasteiger partial charge in [0.1, 0.15) is 5.60 Å². The summed E-state index contributed by atoms with van der Waals surface area (Å²) < 4.78 is 5.60. The number of benzene rings is 2. The van der Waals surface area contributed by atoms with E-state index in [0.29, 0.717) is 0 Å². The van der Waals surface area contributed by atoms with Gasteiger partial charge in [0, 0.05) is 0 Å². The first-order valence-corrected chi connectivity index (χ1v) is 7.72. The van der Waals surface area contributed by atoms with Crippen molar-refractivity contribution in [1.29, 1.82) is 0 Å². The van der Waals surface area contributed by atoms with Gasteiger partial charge in [-0.3, -0.25) is 0 Å². The summed E-state index contributed by atoms with van der Waals surface area (Å²) in [6, 6.07) is 19.4. The number of allylic oxidation sites excluding steroid dienone is 1. The number of hydrogen-bond donors (Lipinski definition) is 0. The molecule has 0 heterocycles. The number of ether oxygens (including phenoxy) is 1. The van der Waals surface area contributed by atoms with Gasteiger partial charge < -0.3 is 4.74 Å². The minimum atomic E-state index is -0.556. The maximum absolute atomic E-state index is 12.8. The summed E-state index contributed by atoms with van der Waals surface area (Å²) in [5.74, 6) is 0. The predicted molar refractivity (Wildman–Crippen MR) is 95.2 cm³/mol. The van der Waals surface area contributed by atoms with Crippen LogP contribution in [0.5, 0.6) is 0 Å². The van der Waals surface area contributed by atoms with E-state index < -0.39 is 5.60 Å². The molecule has 0 fully saturated rings. The zero-order chi connectivity index (χ0) is 16.9. The van der Waals surface area contributed by atoms with Crippen LogP contribution in [0.4, 0.5) is 10.5 Å². The fourth-order valence-electron chi connectivity index (χ4n) is 2.26. The van der Waals surface area contributed by atoms with Gasteiger partial charge in [0.2, 0.25) is 0 Å². The molecule has 0 aromatic heterocycles. The average molecular weight is 309 g/mol. The molecule has 2 aromatic carbocycles. The number of para-hydroxylation sites is 1. The van der Waals surface area contributed by atoms with Crippen molar-refractivity contribution < 1.29 is 9.53 Å². The number of carbonyl (C=O) groups excluding carboxylic acids is 1. The van der Waals surface area contributed by atoms with E-state index in [1.807, 2.05) is 94.4 Å². The lowest BCUT2D eigenvalue weighted by Crippen LogP contribution is -2.35. The first-order valence-electron chi connectivity index (χ1n) is 7.72. The van der Waals surface area contributed by atoms with Gasteiger partial charge in [0.05, 0.1) is 11.4 Å². The standard InChI is InChI=1S/C20H23NO2/c1-5-18(16-12-8-6-9-13-16)21(17-14-10-7-11-15-17)19(22)23-20(2,3)4/h5-15H,1-4H3/b18-5+. The van der Waals surface area contributed by atoms with E-state index in [1.54, 1.807) is 4.90 Å². The Morgan fingerprint density at radius 2 is 1.48 bits per heavy atom. The third-order valence-corrected chi connectivity index (χ3v) is 3.17. The molecule has 0 radical (unpaired) electrons. The van der Waals surface area contributed by atoms with E-state index >= 15 is 0 Å². The van der Waals surface area contributed by atoms with Crippen LogP contribution >= 0.6 is 0 Å². The number of rotatable bonds is 3. The SMILES string of the molecule is C/C=C(\c1ccccc1)N(C(=O)OC(C)(C)C)c1ccccc1. The van der Waals surface area contributed by atoms with Crippen LogP contribution < -0.4 is 4.90 Å². The van der Waals surface area contributed by atoms with Gasteiger partial charge in [-0.05, 0) is 45.4 Å². The van der Waals surface area contributed by atoms with Crippen molar-refractivity contribution in [3.8, 4) is 0 Å². The van der Waals surface area contributed by atoms with Crippen molar-refractivity contribution in [2.75, 3.05) is 4.90 Å². The van der Waals surface area contributed by atoms with E-state index in [4.69, 9.17) is 4.74 Å². The smallest absolute Gasteiger partial charge is 0.419 e. The lowest BCUT2D eigenvalue weighted by Gasteiger charge is -2.29. The van der Waals surface area contributed by atoms with Gasteiger partial charge in [0.25, 0.3) is 0 Å². The topological polar surface area (TPSA) is 29.5 Å². The molecular formula is C20H23NO2. The summed E-state index contributed by atoms with van der Waals surface area (Å²) in [4.78, 5) is 14.4. The minimum Gasteiger partial charge on any atom is -0.443 e. The second-order valence-electron chi connectivity index (χ2n) is 6.19. The van der Waals surface area contributed by atoms with Gasteiger partial charge in [0.15, 0.2) is 0 Å². The molecule has 0 unspecified atom stereocenters. The van der Waals surface area contributed by atoms with E-state index in [2.05, 4.69) is 0 Å². The van der Waals surface area contributed by atoms with Crippen LogP contribution in [-0.4, -0.2) is 11.7 Å². The number of amides is 1. The van der Waals surface area contributed by atoms with Crippen molar-refractivity contribution in [3.05, 3.63) is 72.3 Å². The summed E-state index contributed by atoms with van der Waals surface area (Å²) in [5, 5.41) is 0. The van der Waals surface area contributed by atoms with Crippen molar-refractivity contribution in [2.45, 2.75) is 33.3 Å². The zero-order valence-electron chi connectivity index (χ0n) is 14.1. The molecule has 0 saturated heterocycles. The van der Waals surface area contributed by atoms with E-state index in [0.717, 1.165) is 16.9 Å². The maximum Gasteiger partial charge on any atom is 0.419 e. The van der Waals surface area contributed by atoms with Crippen LogP contribution in [0, 0.1) is 0 Å². The Morgan fingerprint density at radius 1 is 0.957 bits per heavy atom. The summed E-state index contributed by atoms with van der Waals surface area (Å²) in [6.07, 6.45) is 1.53. The molecule has 1 amide bonds. The second kappa shape index (κ2) is 7.14. The molecule has 2 aromatic rings. The Hall–Kier alpha value is -2.55. The molecule has 0 bridgehead atoms. The largest absolute Gasteiger partial charge is 0.443 e. The second-order valence-corrected chi connectivity index (χ2v) is 6.19. The van der Waals surface area contributed by atoms with E-state index in [1.165, 1.54) is 0 Å². The Labute approximate surface area is 138 Å². The van der Waals surface area contributed by atoms with Crippen LogP contribution in [0.2, 0.25) is 0 Å². The molecule has 0 aliphatic heterocycles. The highest BCUT2D eigenvalue weighted by molar-refractivity contribution is 6.02. The van der Waals surface area contributed by atoms with Gasteiger partial charge in [-0.25, -0.2) is 9.69 Å². The van der Waals surface area contributed by atoms with Gasteiger partial charge in [-0.15, -0.1) is 0 Å². The monoisotopic (exact) mass is 309 g/mol. The lowest BCUT2D eigenvalue weighted by molar-refractivity contribution is 0.0600. The zero-order valence-corrected chi connectivity index (χ0v) is 14.1. The predicted octanol–water partition coefficient (Wildman–Crippen LogP) is 5.49. The van der Waals surface area contributed by atoms with Crippen LogP contribution in [-0.2, 0) is 4.74 Å². The first kappa shape index (κ1) is 16.8. The molecule has 0 atom stereocenters. The van der Waals surface area contributed by atoms with E-state index in [-0.39, 0.29) is 6.09 Å². The first-order chi connectivity index (χ1) is 10.9. The number of hydrogen-bond acceptors (Lipinski definition) is 2. The fraction of sp³-hybridized carbons (Fsp3) is 0.250. The lowest BCUT2D eigenvalue weighted by atomic mass is 10.1. The Morgan fingerprint density at radius 3 is 1.96 bits per heavy atom. The van der Waals surface area contributed by atoms with Gasteiger partial charge in [-0.2, -0.15) is 0 Å². The normalized spacial score (nSPS) is 11.9. The Bertz CT molecular complexity index is 670. The van der Waals surface area contributed by atoms with Crippen molar-refractivity contribution in [2.24, 2.45) is 0 Å². The molecule has 0 aliphatic rings. The molecule has 120 valence electrons. The van der Waals surface area contributed by atoms with Crippen LogP contribution in [0.25, 0.3) is 5.70 Å². The third kappa shape index (κ3) is 4.46. The molecule has 3 nitrogen and oxygen atoms in total.